The minimum Gasteiger partial charge on any atom is -0.465 e. The fourth-order valence-corrected chi connectivity index (χ4v) is 2.37. The molecule has 0 unspecified atom stereocenters. The van der Waals surface area contributed by atoms with Crippen LogP contribution in [0.1, 0.15) is 26.3 Å². The molecular formula is C18H17FN2O4S. The first-order valence-electron chi connectivity index (χ1n) is 7.50. The van der Waals surface area contributed by atoms with E-state index in [9.17, 15) is 14.0 Å². The number of carbonyl (C=O) groups excluding carboxylic acids is 2. The van der Waals surface area contributed by atoms with E-state index < -0.39 is 11.9 Å². The van der Waals surface area contributed by atoms with Crippen molar-refractivity contribution in [2.45, 2.75) is 6.92 Å². The molecule has 0 saturated heterocycles. The first kappa shape index (κ1) is 19.3. The predicted octanol–water partition coefficient (Wildman–Crippen LogP) is 3.52. The zero-order chi connectivity index (χ0) is 19.3. The lowest BCUT2D eigenvalue weighted by Crippen LogP contribution is -2.20. The number of nitrogens with one attached hydrogen (secondary N) is 2. The lowest BCUT2D eigenvalue weighted by Gasteiger charge is -2.13. The van der Waals surface area contributed by atoms with Crippen LogP contribution in [0.25, 0.3) is 0 Å². The Kier molecular flexibility index (Phi) is 6.24. The molecule has 0 aromatic heterocycles. The van der Waals surface area contributed by atoms with E-state index in [-0.39, 0.29) is 22.1 Å². The van der Waals surface area contributed by atoms with E-state index in [1.807, 2.05) is 0 Å². The Balaban J connectivity index is 2.23. The molecule has 6 nitrogen and oxygen atoms in total. The number of benzene rings is 2. The predicted molar refractivity (Wildman–Crippen MR) is 100 cm³/mol. The Labute approximate surface area is 155 Å². The smallest absolute Gasteiger partial charge is 0.337 e. The molecule has 2 rings (SSSR count). The number of thiocarbonyl (C=S) groups is 1. The third kappa shape index (κ3) is 4.76. The maximum Gasteiger partial charge on any atom is 0.337 e. The first-order chi connectivity index (χ1) is 12.3. The maximum absolute atomic E-state index is 13.6. The molecule has 26 heavy (non-hydrogen) atoms. The number of rotatable bonds is 4. The molecule has 0 aliphatic rings. The molecule has 0 fully saturated rings. The van der Waals surface area contributed by atoms with E-state index in [0.29, 0.717) is 16.9 Å². The van der Waals surface area contributed by atoms with Crippen LogP contribution in [0.4, 0.5) is 15.8 Å². The Bertz CT molecular complexity index is 836. The molecule has 0 heterocycles. The summed E-state index contributed by atoms with van der Waals surface area (Å²) in [5.41, 5.74) is 1.66. The topological polar surface area (TPSA) is 76.7 Å². The average Bonchev–Trinajstić information content (AvgIpc) is 2.62. The molecule has 0 atom stereocenters. The van der Waals surface area contributed by atoms with Gasteiger partial charge in [0.25, 0.3) is 0 Å². The Morgan fingerprint density at radius 1 is 0.923 bits per heavy atom. The maximum atomic E-state index is 13.6. The summed E-state index contributed by atoms with van der Waals surface area (Å²) in [6, 6.07) is 8.91. The summed E-state index contributed by atoms with van der Waals surface area (Å²) in [4.78, 5) is 23.6. The number of halogens is 1. The van der Waals surface area contributed by atoms with Crippen molar-refractivity contribution in [2.75, 3.05) is 24.9 Å². The number of anilines is 2. The minimum atomic E-state index is -0.613. The summed E-state index contributed by atoms with van der Waals surface area (Å²) in [6.45, 7) is 1.66. The van der Waals surface area contributed by atoms with Crippen molar-refractivity contribution in [1.29, 1.82) is 0 Å². The fourth-order valence-electron chi connectivity index (χ4n) is 2.14. The standard InChI is InChI=1S/C18H17FN2O4S/c1-10-4-5-13(9-15(10)19)20-18(26)21-14-7-11(16(22)24-2)6-12(8-14)17(23)25-3/h4-9H,1-3H3,(H2,20,21,26). The number of carbonyl (C=O) groups is 2. The van der Waals surface area contributed by atoms with Crippen molar-refractivity contribution in [3.05, 3.63) is 58.9 Å². The molecule has 0 saturated carbocycles. The van der Waals surface area contributed by atoms with Gasteiger partial charge in [-0.05, 0) is 55.0 Å². The van der Waals surface area contributed by atoms with Gasteiger partial charge < -0.3 is 20.1 Å². The SMILES string of the molecule is COC(=O)c1cc(NC(=S)Nc2ccc(C)c(F)c2)cc(C(=O)OC)c1. The van der Waals surface area contributed by atoms with E-state index in [1.165, 1.54) is 38.5 Å². The number of methoxy groups -OCH3 is 2. The van der Waals surface area contributed by atoms with Gasteiger partial charge in [0.15, 0.2) is 5.11 Å². The van der Waals surface area contributed by atoms with Gasteiger partial charge in [0.1, 0.15) is 5.82 Å². The van der Waals surface area contributed by atoms with Gasteiger partial charge in [-0.3, -0.25) is 0 Å². The average molecular weight is 376 g/mol. The molecule has 0 radical (unpaired) electrons. The van der Waals surface area contributed by atoms with Gasteiger partial charge in [0, 0.05) is 11.4 Å². The van der Waals surface area contributed by atoms with Gasteiger partial charge in [-0.25, -0.2) is 14.0 Å². The first-order valence-corrected chi connectivity index (χ1v) is 7.90. The van der Waals surface area contributed by atoms with Gasteiger partial charge in [-0.15, -0.1) is 0 Å². The Morgan fingerprint density at radius 3 is 1.96 bits per heavy atom. The normalized spacial score (nSPS) is 10.0. The van der Waals surface area contributed by atoms with Crippen LogP contribution >= 0.6 is 12.2 Å². The van der Waals surface area contributed by atoms with E-state index >= 15 is 0 Å². The zero-order valence-corrected chi connectivity index (χ0v) is 15.2. The Hall–Kier alpha value is -3.00. The summed E-state index contributed by atoms with van der Waals surface area (Å²) in [5.74, 6) is -1.59. The fraction of sp³-hybridized carbons (Fsp3) is 0.167. The quantitative estimate of drug-likeness (QED) is 0.624. The largest absolute Gasteiger partial charge is 0.465 e. The van der Waals surface area contributed by atoms with Crippen LogP contribution in [0.5, 0.6) is 0 Å². The second-order valence-electron chi connectivity index (χ2n) is 5.33. The third-order valence-electron chi connectivity index (χ3n) is 3.46. The summed E-state index contributed by atoms with van der Waals surface area (Å²) in [6.07, 6.45) is 0. The van der Waals surface area contributed by atoms with Crippen LogP contribution in [-0.2, 0) is 9.47 Å². The molecular weight excluding hydrogens is 359 g/mol. The van der Waals surface area contributed by atoms with Crippen LogP contribution in [0.2, 0.25) is 0 Å². The van der Waals surface area contributed by atoms with Crippen LogP contribution in [0, 0.1) is 12.7 Å². The zero-order valence-electron chi connectivity index (χ0n) is 14.4. The van der Waals surface area contributed by atoms with Gasteiger partial charge in [-0.2, -0.15) is 0 Å². The number of esters is 2. The van der Waals surface area contributed by atoms with Crippen molar-refractivity contribution in [3.63, 3.8) is 0 Å². The van der Waals surface area contributed by atoms with Gasteiger partial charge in [0.2, 0.25) is 0 Å². The van der Waals surface area contributed by atoms with E-state index in [2.05, 4.69) is 20.1 Å². The second kappa shape index (κ2) is 8.39. The minimum absolute atomic E-state index is 0.155. The summed E-state index contributed by atoms with van der Waals surface area (Å²) in [5, 5.41) is 5.84. The van der Waals surface area contributed by atoms with Crippen molar-refractivity contribution in [3.8, 4) is 0 Å². The second-order valence-corrected chi connectivity index (χ2v) is 5.73. The van der Waals surface area contributed by atoms with Crippen LogP contribution in [0.3, 0.4) is 0 Å². The van der Waals surface area contributed by atoms with Gasteiger partial charge >= 0.3 is 11.9 Å². The molecule has 8 heteroatoms. The van der Waals surface area contributed by atoms with Gasteiger partial charge in [-0.1, -0.05) is 6.07 Å². The van der Waals surface area contributed by atoms with Crippen LogP contribution in [-0.4, -0.2) is 31.3 Å². The van der Waals surface area contributed by atoms with Crippen molar-refractivity contribution >= 4 is 40.6 Å². The lowest BCUT2D eigenvalue weighted by molar-refractivity contribution is 0.0599. The number of aryl methyl sites for hydroxylation is 1. The van der Waals surface area contributed by atoms with Gasteiger partial charge in [0.05, 0.1) is 25.3 Å². The monoisotopic (exact) mass is 376 g/mol. The molecule has 2 aromatic carbocycles. The number of hydrogen-bond acceptors (Lipinski definition) is 5. The van der Waals surface area contributed by atoms with Crippen LogP contribution in [0.15, 0.2) is 36.4 Å². The van der Waals surface area contributed by atoms with Crippen LogP contribution < -0.4 is 10.6 Å². The summed E-state index contributed by atoms with van der Waals surface area (Å²) >= 11 is 5.19. The Morgan fingerprint density at radius 2 is 1.46 bits per heavy atom. The molecule has 0 aliphatic carbocycles. The van der Waals surface area contributed by atoms with Crippen molar-refractivity contribution < 1.29 is 23.5 Å². The lowest BCUT2D eigenvalue weighted by atomic mass is 10.1. The number of ether oxygens (including phenoxy) is 2. The molecule has 0 aliphatic heterocycles. The molecule has 0 spiro atoms. The summed E-state index contributed by atoms with van der Waals surface area (Å²) in [7, 11) is 2.47. The molecule has 0 bridgehead atoms. The highest BCUT2D eigenvalue weighted by molar-refractivity contribution is 7.80. The highest BCUT2D eigenvalue weighted by Crippen LogP contribution is 2.18. The molecule has 136 valence electrons. The molecule has 0 amide bonds. The van der Waals surface area contributed by atoms with E-state index in [0.717, 1.165) is 0 Å². The number of hydrogen-bond donors (Lipinski definition) is 2. The van der Waals surface area contributed by atoms with E-state index in [4.69, 9.17) is 12.2 Å². The highest BCUT2D eigenvalue weighted by Gasteiger charge is 2.14. The highest BCUT2D eigenvalue weighted by atomic mass is 32.1. The van der Waals surface area contributed by atoms with E-state index in [1.54, 1.807) is 19.1 Å². The summed E-state index contributed by atoms with van der Waals surface area (Å²) < 4.78 is 23.0. The van der Waals surface area contributed by atoms with Crippen molar-refractivity contribution in [2.24, 2.45) is 0 Å². The molecule has 2 N–H and O–H groups in total. The third-order valence-corrected chi connectivity index (χ3v) is 3.67. The van der Waals surface area contributed by atoms with Crippen molar-refractivity contribution in [1.82, 2.24) is 0 Å². The molecule has 2 aromatic rings.